The summed E-state index contributed by atoms with van der Waals surface area (Å²) in [6, 6.07) is 19.5. The van der Waals surface area contributed by atoms with Gasteiger partial charge in [0.1, 0.15) is 5.78 Å². The zero-order valence-corrected chi connectivity index (χ0v) is 81.8. The Morgan fingerprint density at radius 3 is 1.01 bits per heavy atom. The molecule has 6 aliphatic rings. The molecule has 134 heavy (non-hydrogen) atoms. The van der Waals surface area contributed by atoms with Gasteiger partial charge in [0.25, 0.3) is 70.9 Å². The Balaban J connectivity index is 0.000000539. The Morgan fingerprint density at radius 1 is 0.343 bits per heavy atom. The second-order valence-electron chi connectivity index (χ2n) is 38.0. The van der Waals surface area contributed by atoms with Crippen molar-refractivity contribution in [3.63, 3.8) is 0 Å². The van der Waals surface area contributed by atoms with Crippen LogP contribution in [0, 0.1) is 87.8 Å². The molecule has 0 aromatic heterocycles. The fraction of sp³-hybridized carbons (Fsp3) is 0.515. The standard InChI is InChI=1S/C22H29N3O4.C20H26N2O3.C14H24N2O4.C13H20N2O3.C13H21NO3.C11H4.C10H16N2O2/c1-22(2,3)24-15-18(26)14-17(13-16-7-5-4-6-8-16)21(29)23-11-12-25-19(27)9-10-20(25)28;1-20(2,3)14-16(13-15-7-5-4-6-8-15)19(25)21-11-12-22-17(23)9-10-18(22)24;1-14(2,3)15-6-8-19-10-11-20-9-7-16-12(17)4-5-13(16)18;1-13(2,3)7-6-10(16)14-8-9-15-11(17)4-5-12(15)18;1-13(2,3)7-4-9-17-10-8-14-11(15)5-6-12(14)16;1-3-5-7-9-11-10-8-6-4-2;1-10(2,3)11-6-7-12-8(13)4-5-9(12)14/h4-10,17,24H,11-15H2,1-3H3,(H,23,29);4-10,16H,11-14H2,1-3H3,(H,21,25);4-5,15H,6-11H2,1-3H3;4-5H,6-9H2,1-3H3,(H,14,16);5-6H,4,7-10H2,1-3H3;1H,2H3;4-5,11H,6-7H2,1-3H3. The molecule has 6 heterocycles. The van der Waals surface area contributed by atoms with Crippen LogP contribution in [0.25, 0.3) is 0 Å². The maximum absolute atomic E-state index is 12.7. The van der Waals surface area contributed by atoms with E-state index in [0.29, 0.717) is 90.5 Å². The van der Waals surface area contributed by atoms with E-state index in [1.165, 1.54) is 82.7 Å². The van der Waals surface area contributed by atoms with Gasteiger partial charge in [0.05, 0.1) is 52.7 Å². The number of benzene rings is 2. The van der Waals surface area contributed by atoms with Crippen LogP contribution in [0.2, 0.25) is 0 Å². The fourth-order valence-electron chi connectivity index (χ4n) is 12.2. The third-order valence-corrected chi connectivity index (χ3v) is 18.9. The van der Waals surface area contributed by atoms with Crippen LogP contribution >= 0.6 is 0 Å². The molecule has 0 saturated carbocycles. The van der Waals surface area contributed by atoms with Crippen LogP contribution in [-0.2, 0) is 104 Å². The summed E-state index contributed by atoms with van der Waals surface area (Å²) in [6.07, 6.45) is 25.4. The zero-order chi connectivity index (χ0) is 101. The van der Waals surface area contributed by atoms with Crippen molar-refractivity contribution in [1.82, 2.24) is 61.3 Å². The van der Waals surface area contributed by atoms with Crippen LogP contribution in [0.4, 0.5) is 0 Å². The highest BCUT2D eigenvalue weighted by atomic mass is 16.5. The predicted octanol–water partition coefficient (Wildman–Crippen LogP) is 7.45. The van der Waals surface area contributed by atoms with E-state index in [4.69, 9.17) is 20.6 Å². The average Bonchev–Trinajstić information content (AvgIpc) is 1.74. The number of hydrogen-bond acceptors (Lipinski definition) is 22. The molecule has 0 spiro atoms. The number of carbonyl (C=O) groups is 16. The molecule has 2 unspecified atom stereocenters. The van der Waals surface area contributed by atoms with Crippen LogP contribution < -0.4 is 31.9 Å². The lowest BCUT2D eigenvalue weighted by Crippen LogP contribution is -2.43. The first-order valence-electron chi connectivity index (χ1n) is 44.8. The molecule has 0 radical (unpaired) electrons. The molecule has 31 heteroatoms. The van der Waals surface area contributed by atoms with Crippen molar-refractivity contribution >= 4 is 94.4 Å². The second kappa shape index (κ2) is 61.2. The normalized spacial score (nSPS) is 14.6. The summed E-state index contributed by atoms with van der Waals surface area (Å²) >= 11 is 0. The quantitative estimate of drug-likeness (QED) is 0.0214. The zero-order valence-electron chi connectivity index (χ0n) is 81.8. The number of ketones is 1. The molecule has 31 nitrogen and oxygen atoms in total. The van der Waals surface area contributed by atoms with Gasteiger partial charge in [0.2, 0.25) is 17.7 Å². The maximum atomic E-state index is 12.7. The van der Waals surface area contributed by atoms with Gasteiger partial charge in [-0.05, 0) is 182 Å². The van der Waals surface area contributed by atoms with Gasteiger partial charge in [-0.25, -0.2) is 0 Å². The summed E-state index contributed by atoms with van der Waals surface area (Å²) in [5, 5.41) is 18.0. The van der Waals surface area contributed by atoms with E-state index in [1.807, 2.05) is 102 Å². The Bertz CT molecular complexity index is 4700. The molecule has 0 aliphatic carbocycles. The number of ether oxygens (including phenoxy) is 3. The van der Waals surface area contributed by atoms with Crippen molar-refractivity contribution in [2.75, 3.05) is 118 Å². The van der Waals surface area contributed by atoms with Gasteiger partial charge >= 0.3 is 0 Å². The van der Waals surface area contributed by atoms with E-state index in [-0.39, 0.29) is 180 Å². The third-order valence-electron chi connectivity index (χ3n) is 18.9. The smallest absolute Gasteiger partial charge is 0.253 e. The van der Waals surface area contributed by atoms with Crippen molar-refractivity contribution in [2.24, 2.45) is 28.1 Å². The van der Waals surface area contributed by atoms with E-state index in [0.717, 1.165) is 63.0 Å². The summed E-state index contributed by atoms with van der Waals surface area (Å²) in [5.41, 5.74) is 2.51. The first-order chi connectivity index (χ1) is 62.8. The predicted molar refractivity (Wildman–Crippen MR) is 514 cm³/mol. The number of terminal acetylenes is 1. The summed E-state index contributed by atoms with van der Waals surface area (Å²) in [4.78, 5) is 192. The van der Waals surface area contributed by atoms with E-state index >= 15 is 0 Å². The summed E-state index contributed by atoms with van der Waals surface area (Å²) in [6.45, 7) is 46.2. The summed E-state index contributed by atoms with van der Waals surface area (Å²) in [7, 11) is 0. The second-order valence-corrected chi connectivity index (χ2v) is 38.0. The Hall–Kier alpha value is -12.6. The lowest BCUT2D eigenvalue weighted by atomic mass is 9.81. The number of imide groups is 6. The first-order valence-corrected chi connectivity index (χ1v) is 44.8. The van der Waals surface area contributed by atoms with E-state index in [9.17, 15) is 76.7 Å². The highest BCUT2D eigenvalue weighted by molar-refractivity contribution is 6.16. The third kappa shape index (κ3) is 55.0. The topological polar surface area (TPSA) is 392 Å². The molecule has 2 aromatic carbocycles. The minimum atomic E-state index is -0.519. The lowest BCUT2D eigenvalue weighted by molar-refractivity contribution is -0.139. The van der Waals surface area contributed by atoms with E-state index in [2.05, 4.69) is 168 Å². The van der Waals surface area contributed by atoms with Crippen LogP contribution in [0.1, 0.15) is 181 Å². The van der Waals surface area contributed by atoms with Gasteiger partial charge in [-0.1, -0.05) is 129 Å². The molecular formula is C103H140N12O19. The Labute approximate surface area is 792 Å². The minimum absolute atomic E-state index is 0.0131. The van der Waals surface area contributed by atoms with E-state index < -0.39 is 5.92 Å². The van der Waals surface area contributed by atoms with Crippen LogP contribution in [0.5, 0.6) is 0 Å². The number of rotatable bonds is 40. The van der Waals surface area contributed by atoms with Crippen LogP contribution in [0.15, 0.2) is 134 Å². The molecule has 0 saturated heterocycles. The molecule has 2 aromatic rings. The SMILES string of the molecule is C#CC#CC#CC#CC#CC.CC(C)(C)CC(Cc1ccccc1)C(=O)NCCN1C(=O)C=CC1=O.CC(C)(C)CCC(=O)NCCN1C(=O)C=CC1=O.CC(C)(C)CCCOCCN1C(=O)C=CC1=O.CC(C)(C)NCC(=O)CC(Cc1ccccc1)C(=O)NCCN1C(=O)C=CC1=O.CC(C)(C)NCCN1C(=O)C=CC1=O.CC(C)(C)NCCOCCOCCN1C(=O)C=CC1=O. The number of nitrogens with one attached hydrogen (secondary N) is 6. The van der Waals surface area contributed by atoms with Crippen LogP contribution in [0.3, 0.4) is 0 Å². The molecule has 0 bridgehead atoms. The van der Waals surface area contributed by atoms with Crippen molar-refractivity contribution in [3.05, 3.63) is 145 Å². The molecule has 15 amide bonds. The number of amides is 15. The van der Waals surface area contributed by atoms with Gasteiger partial charge in [-0.2, -0.15) is 0 Å². The van der Waals surface area contributed by atoms with Crippen molar-refractivity contribution in [3.8, 4) is 59.7 Å². The van der Waals surface area contributed by atoms with Gasteiger partial charge in [0, 0.05) is 180 Å². The largest absolute Gasteiger partial charge is 0.380 e. The molecule has 726 valence electrons. The average molecular weight is 1850 g/mol. The number of Topliss-reactive ketones (excluding diaryl/α,β-unsaturated/α-hetero) is 1. The van der Waals surface area contributed by atoms with Gasteiger partial charge in [0.15, 0.2) is 0 Å². The molecule has 0 fully saturated rings. The highest BCUT2D eigenvalue weighted by Crippen LogP contribution is 2.28. The summed E-state index contributed by atoms with van der Waals surface area (Å²) in [5.74, 6) is 17.4. The molecule has 8 rings (SSSR count). The number of nitrogens with zero attached hydrogens (tertiary/aromatic N) is 6. The fourth-order valence-corrected chi connectivity index (χ4v) is 12.2. The molecular weight excluding hydrogens is 1710 g/mol. The molecule has 6 N–H and O–H groups in total. The van der Waals surface area contributed by atoms with Gasteiger partial charge < -0.3 is 46.1 Å². The summed E-state index contributed by atoms with van der Waals surface area (Å²) < 4.78 is 16.1. The molecule has 6 aliphatic heterocycles. The Morgan fingerprint density at radius 2 is 0.657 bits per heavy atom. The van der Waals surface area contributed by atoms with Crippen LogP contribution in [-0.4, -0.2) is 259 Å². The Kier molecular flexibility index (Phi) is 53.6. The lowest BCUT2D eigenvalue weighted by Gasteiger charge is -2.26. The van der Waals surface area contributed by atoms with E-state index in [1.54, 1.807) is 6.92 Å². The first kappa shape index (κ1) is 117. The van der Waals surface area contributed by atoms with Gasteiger partial charge in [-0.15, -0.1) is 6.42 Å². The van der Waals surface area contributed by atoms with Gasteiger partial charge in [-0.3, -0.25) is 106 Å². The van der Waals surface area contributed by atoms with Crippen molar-refractivity contribution < 1.29 is 90.9 Å². The highest BCUT2D eigenvalue weighted by Gasteiger charge is 2.32. The monoisotopic (exact) mass is 1850 g/mol. The van der Waals surface area contributed by atoms with Crippen molar-refractivity contribution in [1.29, 1.82) is 0 Å². The maximum Gasteiger partial charge on any atom is 0.253 e. The number of carbonyl (C=O) groups excluding carboxylic acids is 16. The molecule has 2 atom stereocenters. The van der Waals surface area contributed by atoms with Crippen molar-refractivity contribution in [2.45, 2.75) is 200 Å². The minimum Gasteiger partial charge on any atom is -0.380 e. The number of hydrogen-bond donors (Lipinski definition) is 6.